The maximum atomic E-state index is 8.86. The zero-order valence-corrected chi connectivity index (χ0v) is 11.7. The topological polar surface area (TPSA) is 78.1 Å². The molecule has 0 aliphatic heterocycles. The fourth-order valence-corrected chi connectivity index (χ4v) is 1.90. The summed E-state index contributed by atoms with van der Waals surface area (Å²) in [6.45, 7) is 0. The van der Waals surface area contributed by atoms with E-state index in [4.69, 9.17) is 20.0 Å². The molecule has 1 aromatic carbocycles. The minimum Gasteiger partial charge on any atom is -0.493 e. The summed E-state index contributed by atoms with van der Waals surface area (Å²) < 4.78 is 10.3. The number of benzene rings is 1. The average Bonchev–Trinajstić information content (AvgIpc) is 2.46. The summed E-state index contributed by atoms with van der Waals surface area (Å²) in [6.07, 6.45) is 1.79. The summed E-state index contributed by atoms with van der Waals surface area (Å²) in [5, 5.41) is 21.2. The van der Waals surface area contributed by atoms with Gasteiger partial charge in [0.2, 0.25) is 0 Å². The van der Waals surface area contributed by atoms with Gasteiger partial charge in [0.25, 0.3) is 0 Å². The number of rotatable bonds is 5. The van der Waals surface area contributed by atoms with Crippen LogP contribution in [0.25, 0.3) is 0 Å². The van der Waals surface area contributed by atoms with Gasteiger partial charge in [-0.2, -0.15) is 10.5 Å². The van der Waals surface area contributed by atoms with Crippen LogP contribution in [0.4, 0.5) is 5.69 Å². The summed E-state index contributed by atoms with van der Waals surface area (Å²) in [4.78, 5) is 0. The smallest absolute Gasteiger partial charge is 0.162 e. The Morgan fingerprint density at radius 1 is 1.16 bits per heavy atom. The van der Waals surface area contributed by atoms with E-state index in [0.29, 0.717) is 22.2 Å². The normalized spacial score (nSPS) is 8.89. The quantitative estimate of drug-likeness (QED) is 0.832. The Labute approximate surface area is 116 Å². The van der Waals surface area contributed by atoms with E-state index in [-0.39, 0.29) is 5.57 Å². The predicted octanol–water partition coefficient (Wildman–Crippen LogP) is 2.74. The summed E-state index contributed by atoms with van der Waals surface area (Å²) in [7, 11) is 3.10. The minimum atomic E-state index is 0.0438. The molecule has 98 valence electrons. The van der Waals surface area contributed by atoms with E-state index in [1.807, 2.05) is 12.1 Å². The number of anilines is 1. The first-order valence-electron chi connectivity index (χ1n) is 5.27. The monoisotopic (exact) mass is 275 g/mol. The first-order chi connectivity index (χ1) is 9.19. The molecule has 1 aromatic rings. The zero-order valence-electron chi connectivity index (χ0n) is 10.9. The average molecular weight is 275 g/mol. The van der Waals surface area contributed by atoms with E-state index in [1.165, 1.54) is 11.8 Å². The Kier molecular flexibility index (Phi) is 5.59. The van der Waals surface area contributed by atoms with Crippen molar-refractivity contribution in [2.45, 2.75) is 0 Å². The van der Waals surface area contributed by atoms with Gasteiger partial charge in [0.1, 0.15) is 17.2 Å². The largest absolute Gasteiger partial charge is 0.493 e. The van der Waals surface area contributed by atoms with E-state index in [2.05, 4.69) is 5.32 Å². The number of thioether (sulfide) groups is 1. The highest BCUT2D eigenvalue weighted by atomic mass is 32.2. The first kappa shape index (κ1) is 14.7. The molecule has 0 aromatic heterocycles. The highest BCUT2D eigenvalue weighted by Gasteiger charge is 2.08. The van der Waals surface area contributed by atoms with Gasteiger partial charge in [0.05, 0.1) is 14.2 Å². The number of nitrogens with one attached hydrogen (secondary N) is 1. The number of hydrogen-bond acceptors (Lipinski definition) is 6. The number of allylic oxidation sites excluding steroid dienone is 1. The van der Waals surface area contributed by atoms with Crippen molar-refractivity contribution in [3.05, 3.63) is 28.8 Å². The molecule has 19 heavy (non-hydrogen) atoms. The van der Waals surface area contributed by atoms with Gasteiger partial charge in [-0.15, -0.1) is 11.8 Å². The lowest BCUT2D eigenvalue weighted by Crippen LogP contribution is -2.00. The lowest BCUT2D eigenvalue weighted by atomic mass is 10.2. The van der Waals surface area contributed by atoms with Crippen molar-refractivity contribution >= 4 is 17.4 Å². The molecule has 6 heteroatoms. The van der Waals surface area contributed by atoms with E-state index >= 15 is 0 Å². The van der Waals surface area contributed by atoms with Gasteiger partial charge in [-0.1, -0.05) is 0 Å². The number of ether oxygens (including phenoxy) is 2. The third-order valence-electron chi connectivity index (χ3n) is 2.30. The molecule has 0 fully saturated rings. The van der Waals surface area contributed by atoms with Gasteiger partial charge in [-0.25, -0.2) is 0 Å². The summed E-state index contributed by atoms with van der Waals surface area (Å²) in [5.74, 6) is 1.19. The van der Waals surface area contributed by atoms with Crippen LogP contribution in [-0.2, 0) is 0 Å². The highest BCUT2D eigenvalue weighted by Crippen LogP contribution is 2.31. The summed E-state index contributed by atoms with van der Waals surface area (Å²) >= 11 is 1.30. The highest BCUT2D eigenvalue weighted by molar-refractivity contribution is 8.02. The first-order valence-corrected chi connectivity index (χ1v) is 6.50. The molecule has 0 saturated heterocycles. The number of nitriles is 2. The Morgan fingerprint density at radius 3 is 2.26 bits per heavy atom. The SMILES string of the molecule is COc1ccc(NC(SC)=C(C#N)C#N)cc1OC. The number of methoxy groups -OCH3 is 2. The molecule has 0 spiro atoms. The van der Waals surface area contributed by atoms with Gasteiger partial charge in [-0.3, -0.25) is 0 Å². The molecule has 1 N–H and O–H groups in total. The second-order valence-electron chi connectivity index (χ2n) is 3.33. The Balaban J connectivity index is 3.10. The van der Waals surface area contributed by atoms with E-state index in [9.17, 15) is 0 Å². The number of nitrogens with zero attached hydrogens (tertiary/aromatic N) is 2. The molecular formula is C13H13N3O2S. The molecule has 0 bridgehead atoms. The van der Waals surface area contributed by atoms with Crippen molar-refractivity contribution in [2.24, 2.45) is 0 Å². The van der Waals surface area contributed by atoms with Crippen molar-refractivity contribution in [2.75, 3.05) is 25.8 Å². The Bertz CT molecular complexity index is 554. The van der Waals surface area contributed by atoms with Gasteiger partial charge < -0.3 is 14.8 Å². The fourth-order valence-electron chi connectivity index (χ4n) is 1.39. The standard InChI is InChI=1S/C13H13N3O2S/c1-17-11-5-4-10(6-12(11)18-2)16-13(19-3)9(7-14)8-15/h4-6,16H,1-3H3. The predicted molar refractivity (Wildman–Crippen MR) is 74.9 cm³/mol. The third kappa shape index (κ3) is 3.57. The van der Waals surface area contributed by atoms with Crippen LogP contribution < -0.4 is 14.8 Å². The number of hydrogen-bond donors (Lipinski definition) is 1. The van der Waals surface area contributed by atoms with Crippen LogP contribution in [0.5, 0.6) is 11.5 Å². The molecule has 5 nitrogen and oxygen atoms in total. The van der Waals surface area contributed by atoms with Gasteiger partial charge in [-0.05, 0) is 18.4 Å². The van der Waals surface area contributed by atoms with E-state index < -0.39 is 0 Å². The second-order valence-corrected chi connectivity index (χ2v) is 4.14. The van der Waals surface area contributed by atoms with Crippen molar-refractivity contribution in [1.29, 1.82) is 10.5 Å². The fraction of sp³-hybridized carbons (Fsp3) is 0.231. The Hall–Kier alpha value is -2.31. The van der Waals surface area contributed by atoms with Gasteiger partial charge in [0.15, 0.2) is 17.1 Å². The van der Waals surface area contributed by atoms with Crippen LogP contribution in [0.15, 0.2) is 28.8 Å². The molecule has 0 radical (unpaired) electrons. The van der Waals surface area contributed by atoms with Crippen LogP contribution in [0.2, 0.25) is 0 Å². The summed E-state index contributed by atoms with van der Waals surface area (Å²) in [5.41, 5.74) is 0.757. The van der Waals surface area contributed by atoms with E-state index in [0.717, 1.165) is 0 Å². The second kappa shape index (κ2) is 7.20. The van der Waals surface area contributed by atoms with Crippen molar-refractivity contribution < 1.29 is 9.47 Å². The van der Waals surface area contributed by atoms with Gasteiger partial charge in [0, 0.05) is 11.8 Å². The molecule has 0 atom stereocenters. The molecule has 0 aliphatic rings. The van der Waals surface area contributed by atoms with Crippen LogP contribution >= 0.6 is 11.8 Å². The van der Waals surface area contributed by atoms with Crippen LogP contribution in [0, 0.1) is 22.7 Å². The van der Waals surface area contributed by atoms with Crippen LogP contribution in [-0.4, -0.2) is 20.5 Å². The molecule has 0 amide bonds. The van der Waals surface area contributed by atoms with Crippen molar-refractivity contribution in [1.82, 2.24) is 0 Å². The maximum Gasteiger partial charge on any atom is 0.162 e. The summed E-state index contributed by atoms with van der Waals surface area (Å²) in [6, 6.07) is 8.97. The zero-order chi connectivity index (χ0) is 14.3. The van der Waals surface area contributed by atoms with Gasteiger partial charge >= 0.3 is 0 Å². The maximum absolute atomic E-state index is 8.86. The molecule has 0 heterocycles. The minimum absolute atomic E-state index is 0.0438. The van der Waals surface area contributed by atoms with E-state index in [1.54, 1.807) is 38.7 Å². The molecule has 0 saturated carbocycles. The molecule has 0 unspecified atom stereocenters. The molecule has 0 aliphatic carbocycles. The van der Waals surface area contributed by atoms with Crippen LogP contribution in [0.1, 0.15) is 0 Å². The van der Waals surface area contributed by atoms with Crippen molar-refractivity contribution in [3.8, 4) is 23.6 Å². The van der Waals surface area contributed by atoms with Crippen molar-refractivity contribution in [3.63, 3.8) is 0 Å². The third-order valence-corrected chi connectivity index (χ3v) is 3.01. The lowest BCUT2D eigenvalue weighted by Gasteiger charge is -2.12. The Morgan fingerprint density at radius 2 is 1.79 bits per heavy atom. The van der Waals surface area contributed by atoms with Crippen LogP contribution in [0.3, 0.4) is 0 Å². The lowest BCUT2D eigenvalue weighted by molar-refractivity contribution is 0.355. The molecule has 1 rings (SSSR count). The molecular weight excluding hydrogens is 262 g/mol.